The van der Waals surface area contributed by atoms with Gasteiger partial charge in [-0.15, -0.1) is 0 Å². The number of piperazine rings is 1. The van der Waals surface area contributed by atoms with Gasteiger partial charge in [-0.05, 0) is 19.8 Å². The highest BCUT2D eigenvalue weighted by Crippen LogP contribution is 2.21. The van der Waals surface area contributed by atoms with Gasteiger partial charge in [0.25, 0.3) is 0 Å². The Labute approximate surface area is 90.0 Å². The third-order valence-electron chi connectivity index (χ3n) is 3.24. The predicted molar refractivity (Wildman–Crippen MR) is 56.4 cm³/mol. The lowest BCUT2D eigenvalue weighted by molar-refractivity contribution is -0.129. The first-order chi connectivity index (χ1) is 7.15. The van der Waals surface area contributed by atoms with E-state index in [1.165, 1.54) is 0 Å². The average molecular weight is 210 g/mol. The van der Waals surface area contributed by atoms with E-state index in [1.807, 2.05) is 6.92 Å². The van der Waals surface area contributed by atoms with Crippen LogP contribution in [0.25, 0.3) is 0 Å². The van der Waals surface area contributed by atoms with Crippen molar-refractivity contribution in [2.24, 2.45) is 0 Å². The minimum absolute atomic E-state index is 0.0896. The summed E-state index contributed by atoms with van der Waals surface area (Å²) in [5, 5.41) is 2.89. The van der Waals surface area contributed by atoms with E-state index in [2.05, 4.69) is 10.2 Å². The minimum Gasteiger partial charge on any atom is -0.351 e. The van der Waals surface area contributed by atoms with Gasteiger partial charge >= 0.3 is 0 Å². The summed E-state index contributed by atoms with van der Waals surface area (Å²) >= 11 is 0. The Kier molecular flexibility index (Phi) is 3.05. The van der Waals surface area contributed by atoms with E-state index < -0.39 is 0 Å². The number of nitrogens with one attached hydrogen (secondary N) is 1. The van der Waals surface area contributed by atoms with Crippen LogP contribution in [0.4, 0.5) is 0 Å². The van der Waals surface area contributed by atoms with E-state index in [4.69, 9.17) is 0 Å². The molecule has 1 aliphatic heterocycles. The monoisotopic (exact) mass is 210 g/mol. The Morgan fingerprint density at radius 3 is 2.87 bits per heavy atom. The highest BCUT2D eigenvalue weighted by Gasteiger charge is 2.30. The molecule has 1 aliphatic carbocycles. The largest absolute Gasteiger partial charge is 0.351 e. The molecule has 0 aromatic carbocycles. The van der Waals surface area contributed by atoms with Crippen LogP contribution in [0, 0.1) is 0 Å². The Balaban J connectivity index is 1.96. The van der Waals surface area contributed by atoms with Crippen molar-refractivity contribution in [3.8, 4) is 0 Å². The average Bonchev–Trinajstić information content (AvgIpc) is 2.16. The van der Waals surface area contributed by atoms with E-state index in [0.717, 1.165) is 25.8 Å². The summed E-state index contributed by atoms with van der Waals surface area (Å²) in [6.07, 6.45) is 3.41. The summed E-state index contributed by atoms with van der Waals surface area (Å²) < 4.78 is 0. The molecule has 1 heterocycles. The lowest BCUT2D eigenvalue weighted by atomic mass is 9.92. The van der Waals surface area contributed by atoms with E-state index in [0.29, 0.717) is 24.8 Å². The molecule has 1 N–H and O–H groups in total. The Bertz CT molecular complexity index is 278. The van der Waals surface area contributed by atoms with Crippen LogP contribution in [-0.4, -0.2) is 41.8 Å². The molecule has 0 spiro atoms. The van der Waals surface area contributed by atoms with Gasteiger partial charge in [0.15, 0.2) is 0 Å². The number of hydrogen-bond acceptors (Lipinski definition) is 3. The molecule has 15 heavy (non-hydrogen) atoms. The number of rotatable bonds is 1. The molecule has 2 aliphatic rings. The number of Topliss-reactive ketones (excluding diaryl/α,β-unsaturated/α-hetero) is 1. The summed E-state index contributed by atoms with van der Waals surface area (Å²) in [6.45, 7) is 3.35. The maximum Gasteiger partial charge on any atom is 0.234 e. The molecule has 1 saturated heterocycles. The van der Waals surface area contributed by atoms with Crippen LogP contribution in [0.3, 0.4) is 0 Å². The molecule has 84 valence electrons. The number of amides is 1. The zero-order valence-corrected chi connectivity index (χ0v) is 9.16. The zero-order valence-electron chi connectivity index (χ0n) is 9.16. The second-order valence-corrected chi connectivity index (χ2v) is 4.69. The first-order valence-electron chi connectivity index (χ1n) is 5.70. The molecule has 0 bridgehead atoms. The zero-order chi connectivity index (χ0) is 10.8. The van der Waals surface area contributed by atoms with Crippen LogP contribution in [0.5, 0.6) is 0 Å². The Morgan fingerprint density at radius 2 is 2.20 bits per heavy atom. The maximum atomic E-state index is 11.4. The SMILES string of the molecule is CC1CN(C2CCCC(=O)C2)CC(=O)N1. The number of hydrogen-bond donors (Lipinski definition) is 1. The second kappa shape index (κ2) is 4.31. The lowest BCUT2D eigenvalue weighted by Gasteiger charge is -2.38. The van der Waals surface area contributed by atoms with E-state index in [-0.39, 0.29) is 11.9 Å². The maximum absolute atomic E-state index is 11.4. The van der Waals surface area contributed by atoms with Gasteiger partial charge in [-0.25, -0.2) is 0 Å². The van der Waals surface area contributed by atoms with E-state index in [1.54, 1.807) is 0 Å². The topological polar surface area (TPSA) is 49.4 Å². The van der Waals surface area contributed by atoms with Gasteiger partial charge in [0.2, 0.25) is 5.91 Å². The van der Waals surface area contributed by atoms with Crippen LogP contribution in [0.15, 0.2) is 0 Å². The standard InChI is InChI=1S/C11H18N2O2/c1-8-6-13(7-11(15)12-8)9-3-2-4-10(14)5-9/h8-9H,2-7H2,1H3,(H,12,15). The summed E-state index contributed by atoms with van der Waals surface area (Å²) in [6, 6.07) is 0.517. The van der Waals surface area contributed by atoms with E-state index >= 15 is 0 Å². The van der Waals surface area contributed by atoms with Crippen LogP contribution in [0.2, 0.25) is 0 Å². The molecular weight excluding hydrogens is 192 g/mol. The van der Waals surface area contributed by atoms with Crippen LogP contribution < -0.4 is 5.32 Å². The van der Waals surface area contributed by atoms with Gasteiger partial charge in [-0.3, -0.25) is 14.5 Å². The molecule has 0 aromatic rings. The van der Waals surface area contributed by atoms with Crippen molar-refractivity contribution in [2.75, 3.05) is 13.1 Å². The van der Waals surface area contributed by atoms with Crippen LogP contribution in [-0.2, 0) is 9.59 Å². The van der Waals surface area contributed by atoms with Gasteiger partial charge in [-0.2, -0.15) is 0 Å². The fraction of sp³-hybridized carbons (Fsp3) is 0.818. The minimum atomic E-state index is 0.0896. The van der Waals surface area contributed by atoms with Crippen molar-refractivity contribution in [3.05, 3.63) is 0 Å². The normalized spacial score (nSPS) is 33.9. The molecule has 4 nitrogen and oxygen atoms in total. The molecule has 2 fully saturated rings. The molecule has 2 unspecified atom stereocenters. The lowest BCUT2D eigenvalue weighted by Crippen LogP contribution is -2.56. The Morgan fingerprint density at radius 1 is 1.40 bits per heavy atom. The number of carbonyl (C=O) groups is 2. The third-order valence-corrected chi connectivity index (χ3v) is 3.24. The van der Waals surface area contributed by atoms with Gasteiger partial charge in [0.05, 0.1) is 6.54 Å². The van der Waals surface area contributed by atoms with Gasteiger partial charge in [0.1, 0.15) is 5.78 Å². The summed E-state index contributed by atoms with van der Waals surface area (Å²) in [4.78, 5) is 24.9. The molecule has 0 radical (unpaired) electrons. The fourth-order valence-corrected chi connectivity index (χ4v) is 2.56. The molecular formula is C11H18N2O2. The van der Waals surface area contributed by atoms with Crippen molar-refractivity contribution >= 4 is 11.7 Å². The molecule has 1 amide bonds. The van der Waals surface area contributed by atoms with Gasteiger partial charge in [0, 0.05) is 31.5 Å². The quantitative estimate of drug-likeness (QED) is 0.678. The first-order valence-corrected chi connectivity index (χ1v) is 5.70. The number of carbonyl (C=O) groups excluding carboxylic acids is 2. The Hall–Kier alpha value is -0.900. The van der Waals surface area contributed by atoms with Crippen molar-refractivity contribution in [1.82, 2.24) is 10.2 Å². The molecule has 0 aromatic heterocycles. The summed E-state index contributed by atoms with van der Waals surface area (Å²) in [5.41, 5.74) is 0. The summed E-state index contributed by atoms with van der Waals surface area (Å²) in [5.74, 6) is 0.441. The highest BCUT2D eigenvalue weighted by molar-refractivity contribution is 5.81. The second-order valence-electron chi connectivity index (χ2n) is 4.69. The number of ketones is 1. The highest BCUT2D eigenvalue weighted by atomic mass is 16.2. The summed E-state index contributed by atoms with van der Waals surface area (Å²) in [7, 11) is 0. The van der Waals surface area contributed by atoms with E-state index in [9.17, 15) is 9.59 Å². The smallest absolute Gasteiger partial charge is 0.234 e. The number of nitrogens with zero attached hydrogens (tertiary/aromatic N) is 1. The van der Waals surface area contributed by atoms with Crippen molar-refractivity contribution < 1.29 is 9.59 Å². The van der Waals surface area contributed by atoms with Gasteiger partial charge in [-0.1, -0.05) is 0 Å². The van der Waals surface area contributed by atoms with Crippen LogP contribution in [0.1, 0.15) is 32.6 Å². The van der Waals surface area contributed by atoms with Gasteiger partial charge < -0.3 is 5.32 Å². The first kappa shape index (κ1) is 10.6. The van der Waals surface area contributed by atoms with Crippen molar-refractivity contribution in [1.29, 1.82) is 0 Å². The van der Waals surface area contributed by atoms with Crippen LogP contribution >= 0.6 is 0 Å². The molecule has 1 saturated carbocycles. The van der Waals surface area contributed by atoms with Crippen molar-refractivity contribution in [3.63, 3.8) is 0 Å². The fourth-order valence-electron chi connectivity index (χ4n) is 2.56. The third kappa shape index (κ3) is 2.56. The molecule has 2 rings (SSSR count). The molecule has 2 atom stereocenters. The van der Waals surface area contributed by atoms with Crippen molar-refractivity contribution in [2.45, 2.75) is 44.7 Å². The predicted octanol–water partition coefficient (Wildman–Crippen LogP) is 0.318. The molecule has 4 heteroatoms.